The van der Waals surface area contributed by atoms with Crippen LogP contribution in [0.15, 0.2) is 79.1 Å². The average Bonchev–Trinajstić information content (AvgIpc) is 3.29. The minimum Gasteiger partial charge on any atom is -0.336 e. The molecule has 29 heavy (non-hydrogen) atoms. The number of sulfonamides is 1. The summed E-state index contributed by atoms with van der Waals surface area (Å²) in [5, 5.41) is 0. The van der Waals surface area contributed by atoms with Crippen molar-refractivity contribution in [2.45, 2.75) is 5.75 Å². The molecule has 1 aliphatic heterocycles. The maximum Gasteiger partial charge on any atom is 0.254 e. The summed E-state index contributed by atoms with van der Waals surface area (Å²) < 4.78 is 28.8. The second kappa shape index (κ2) is 8.23. The molecule has 0 atom stereocenters. The second-order valence-electron chi connectivity index (χ2n) is 7.07. The Morgan fingerprint density at radius 3 is 2.21 bits per heavy atom. The molecule has 1 aromatic heterocycles. The summed E-state index contributed by atoms with van der Waals surface area (Å²) in [5.74, 6) is -0.0835. The number of benzene rings is 2. The van der Waals surface area contributed by atoms with Gasteiger partial charge in [-0.2, -0.15) is 4.31 Å². The Hall–Kier alpha value is -2.90. The van der Waals surface area contributed by atoms with E-state index in [-0.39, 0.29) is 11.7 Å². The first kappa shape index (κ1) is 19.4. The first-order valence-corrected chi connectivity index (χ1v) is 11.2. The van der Waals surface area contributed by atoms with Crippen LogP contribution in [0.25, 0.3) is 5.69 Å². The van der Waals surface area contributed by atoms with Crippen LogP contribution in [0.3, 0.4) is 0 Å². The minimum atomic E-state index is -3.39. The summed E-state index contributed by atoms with van der Waals surface area (Å²) in [7, 11) is -3.39. The Labute approximate surface area is 171 Å². The van der Waals surface area contributed by atoms with Gasteiger partial charge in [0.15, 0.2) is 0 Å². The molecule has 2 heterocycles. The van der Waals surface area contributed by atoms with E-state index in [4.69, 9.17) is 0 Å². The zero-order chi connectivity index (χ0) is 20.3. The van der Waals surface area contributed by atoms with Crippen molar-refractivity contribution in [1.82, 2.24) is 13.8 Å². The van der Waals surface area contributed by atoms with Gasteiger partial charge >= 0.3 is 0 Å². The third kappa shape index (κ3) is 4.41. The molecule has 0 radical (unpaired) electrons. The van der Waals surface area contributed by atoms with Crippen LogP contribution in [-0.4, -0.2) is 54.3 Å². The van der Waals surface area contributed by atoms with Gasteiger partial charge in [-0.15, -0.1) is 0 Å². The van der Waals surface area contributed by atoms with Crippen molar-refractivity contribution in [3.63, 3.8) is 0 Å². The number of hydrogen-bond acceptors (Lipinski definition) is 3. The number of amides is 1. The van der Waals surface area contributed by atoms with Gasteiger partial charge in [-0.05, 0) is 35.9 Å². The molecular weight excluding hydrogens is 386 g/mol. The van der Waals surface area contributed by atoms with Gasteiger partial charge in [0.1, 0.15) is 0 Å². The summed E-state index contributed by atoms with van der Waals surface area (Å²) in [6.07, 6.45) is 3.86. The quantitative estimate of drug-likeness (QED) is 0.651. The van der Waals surface area contributed by atoms with E-state index in [1.165, 1.54) is 4.31 Å². The van der Waals surface area contributed by atoms with E-state index in [2.05, 4.69) is 0 Å². The summed E-state index contributed by atoms with van der Waals surface area (Å²) >= 11 is 0. The molecule has 2 aromatic carbocycles. The number of carbonyl (C=O) groups is 1. The monoisotopic (exact) mass is 409 g/mol. The van der Waals surface area contributed by atoms with Gasteiger partial charge in [0.05, 0.1) is 5.75 Å². The maximum absolute atomic E-state index is 12.9. The standard InChI is InChI=1S/C22H23N3O3S/c26-22(20-9-6-10-21(17-20)23-11-4-5-12-23)24-13-15-25(16-14-24)29(27,28)18-19-7-2-1-3-8-19/h1-12,17H,13-16,18H2. The predicted molar refractivity (Wildman–Crippen MR) is 112 cm³/mol. The second-order valence-corrected chi connectivity index (χ2v) is 9.04. The molecule has 0 bridgehead atoms. The van der Waals surface area contributed by atoms with Crippen LogP contribution in [0.2, 0.25) is 0 Å². The third-order valence-electron chi connectivity index (χ3n) is 5.11. The van der Waals surface area contributed by atoms with E-state index in [0.29, 0.717) is 31.7 Å². The number of hydrogen-bond donors (Lipinski definition) is 0. The summed E-state index contributed by atoms with van der Waals surface area (Å²) in [6, 6.07) is 20.5. The maximum atomic E-state index is 12.9. The van der Waals surface area contributed by atoms with Crippen molar-refractivity contribution >= 4 is 15.9 Å². The lowest BCUT2D eigenvalue weighted by atomic mass is 10.1. The molecule has 0 saturated carbocycles. The molecule has 6 nitrogen and oxygen atoms in total. The highest BCUT2D eigenvalue weighted by molar-refractivity contribution is 7.88. The van der Waals surface area contributed by atoms with Crippen LogP contribution in [0.1, 0.15) is 15.9 Å². The number of piperazine rings is 1. The van der Waals surface area contributed by atoms with Gasteiger partial charge in [-0.3, -0.25) is 4.79 Å². The Morgan fingerprint density at radius 1 is 0.828 bits per heavy atom. The summed E-state index contributed by atoms with van der Waals surface area (Å²) in [4.78, 5) is 14.6. The molecule has 1 saturated heterocycles. The molecule has 0 unspecified atom stereocenters. The molecule has 3 aromatic rings. The number of rotatable bonds is 5. The van der Waals surface area contributed by atoms with Gasteiger partial charge < -0.3 is 9.47 Å². The zero-order valence-electron chi connectivity index (χ0n) is 16.0. The van der Waals surface area contributed by atoms with Gasteiger partial charge in [-0.1, -0.05) is 36.4 Å². The van der Waals surface area contributed by atoms with Crippen molar-refractivity contribution in [3.05, 3.63) is 90.3 Å². The van der Waals surface area contributed by atoms with Crippen LogP contribution in [0, 0.1) is 0 Å². The largest absolute Gasteiger partial charge is 0.336 e. The lowest BCUT2D eigenvalue weighted by Crippen LogP contribution is -2.50. The molecule has 150 valence electrons. The zero-order valence-corrected chi connectivity index (χ0v) is 16.8. The van der Waals surface area contributed by atoms with Crippen molar-refractivity contribution in [3.8, 4) is 5.69 Å². The van der Waals surface area contributed by atoms with Gasteiger partial charge in [0.2, 0.25) is 10.0 Å². The van der Waals surface area contributed by atoms with Gasteiger partial charge in [-0.25, -0.2) is 8.42 Å². The fourth-order valence-corrected chi connectivity index (χ4v) is 5.05. The molecule has 0 N–H and O–H groups in total. The summed E-state index contributed by atoms with van der Waals surface area (Å²) in [6.45, 7) is 1.41. The molecular formula is C22H23N3O3S. The van der Waals surface area contributed by atoms with Gasteiger partial charge in [0, 0.05) is 49.8 Å². The average molecular weight is 410 g/mol. The highest BCUT2D eigenvalue weighted by Crippen LogP contribution is 2.17. The van der Waals surface area contributed by atoms with E-state index in [0.717, 1.165) is 11.3 Å². The van der Waals surface area contributed by atoms with E-state index in [9.17, 15) is 13.2 Å². The lowest BCUT2D eigenvalue weighted by Gasteiger charge is -2.34. The topological polar surface area (TPSA) is 62.6 Å². The lowest BCUT2D eigenvalue weighted by molar-refractivity contribution is 0.0697. The molecule has 4 rings (SSSR count). The predicted octanol–water partition coefficient (Wildman–Crippen LogP) is 2.77. The number of nitrogens with zero attached hydrogens (tertiary/aromatic N) is 3. The molecule has 0 spiro atoms. The number of carbonyl (C=O) groups excluding carboxylic acids is 1. The van der Waals surface area contributed by atoms with Crippen molar-refractivity contribution in [2.75, 3.05) is 26.2 Å². The van der Waals surface area contributed by atoms with E-state index < -0.39 is 10.0 Å². The first-order chi connectivity index (χ1) is 14.0. The normalized spacial score (nSPS) is 15.4. The Morgan fingerprint density at radius 2 is 1.52 bits per heavy atom. The van der Waals surface area contributed by atoms with E-state index >= 15 is 0 Å². The number of aromatic nitrogens is 1. The molecule has 1 amide bonds. The van der Waals surface area contributed by atoms with Crippen molar-refractivity contribution < 1.29 is 13.2 Å². The molecule has 1 aliphatic rings. The van der Waals surface area contributed by atoms with E-state index in [1.807, 2.05) is 77.6 Å². The van der Waals surface area contributed by atoms with E-state index in [1.54, 1.807) is 11.0 Å². The first-order valence-electron chi connectivity index (χ1n) is 9.57. The van der Waals surface area contributed by atoms with Crippen molar-refractivity contribution in [1.29, 1.82) is 0 Å². The Balaban J connectivity index is 1.41. The van der Waals surface area contributed by atoms with Crippen LogP contribution < -0.4 is 0 Å². The highest BCUT2D eigenvalue weighted by Gasteiger charge is 2.29. The minimum absolute atomic E-state index is 0.0132. The highest BCUT2D eigenvalue weighted by atomic mass is 32.2. The summed E-state index contributed by atoms with van der Waals surface area (Å²) in [5.41, 5.74) is 2.30. The smallest absolute Gasteiger partial charge is 0.254 e. The third-order valence-corrected chi connectivity index (χ3v) is 6.96. The van der Waals surface area contributed by atoms with Crippen LogP contribution in [0.4, 0.5) is 0 Å². The SMILES string of the molecule is O=C(c1cccc(-n2cccc2)c1)N1CCN(S(=O)(=O)Cc2ccccc2)CC1. The van der Waals surface area contributed by atoms with Crippen LogP contribution in [-0.2, 0) is 15.8 Å². The fraction of sp³-hybridized carbons (Fsp3) is 0.227. The molecule has 7 heteroatoms. The van der Waals surface area contributed by atoms with Crippen LogP contribution >= 0.6 is 0 Å². The Bertz CT molecular complexity index is 1070. The van der Waals surface area contributed by atoms with Crippen LogP contribution in [0.5, 0.6) is 0 Å². The molecule has 1 fully saturated rings. The molecule has 0 aliphatic carbocycles. The fourth-order valence-electron chi connectivity index (χ4n) is 3.53. The Kier molecular flexibility index (Phi) is 5.51. The van der Waals surface area contributed by atoms with Crippen molar-refractivity contribution in [2.24, 2.45) is 0 Å². The van der Waals surface area contributed by atoms with Gasteiger partial charge in [0.25, 0.3) is 5.91 Å².